The third-order valence-electron chi connectivity index (χ3n) is 3.75. The molecule has 158 valence electrons. The van der Waals surface area contributed by atoms with Gasteiger partial charge in [0.2, 0.25) is 0 Å². The lowest BCUT2D eigenvalue weighted by atomic mass is 10.1. The van der Waals surface area contributed by atoms with Crippen molar-refractivity contribution in [3.8, 4) is 23.0 Å². The summed E-state index contributed by atoms with van der Waals surface area (Å²) in [4.78, 5) is 33.9. The zero-order chi connectivity index (χ0) is 22.3. The Morgan fingerprint density at radius 2 is 1.40 bits per heavy atom. The molecule has 0 fully saturated rings. The Labute approximate surface area is 173 Å². The lowest BCUT2D eigenvalue weighted by Gasteiger charge is -2.14. The number of methoxy groups -OCH3 is 1. The molecule has 0 heterocycles. The third kappa shape index (κ3) is 6.46. The van der Waals surface area contributed by atoms with Crippen LogP contribution in [0.25, 0.3) is 6.08 Å². The predicted molar refractivity (Wildman–Crippen MR) is 107 cm³/mol. The molecule has 30 heavy (non-hydrogen) atoms. The lowest BCUT2D eigenvalue weighted by molar-refractivity contribution is -0.133. The van der Waals surface area contributed by atoms with Crippen LogP contribution in [0.2, 0.25) is 0 Å². The first kappa shape index (κ1) is 22.6. The molecule has 0 saturated carbocycles. The Kier molecular flexibility index (Phi) is 7.71. The monoisotopic (exact) mass is 414 g/mol. The number of hydrogen-bond acceptors (Lipinski definition) is 8. The zero-order valence-electron chi connectivity index (χ0n) is 17.0. The number of aliphatic hydroxyl groups excluding tert-OH is 1. The van der Waals surface area contributed by atoms with Gasteiger partial charge in [-0.1, -0.05) is 12.2 Å². The van der Waals surface area contributed by atoms with Crippen molar-refractivity contribution < 1.29 is 38.4 Å². The fourth-order valence-electron chi connectivity index (χ4n) is 2.55. The van der Waals surface area contributed by atoms with Crippen molar-refractivity contribution >= 4 is 24.0 Å². The molecule has 0 spiro atoms. The highest BCUT2D eigenvalue weighted by Gasteiger charge is 2.15. The second-order valence-corrected chi connectivity index (χ2v) is 6.19. The summed E-state index contributed by atoms with van der Waals surface area (Å²) in [6, 6.07) is 9.18. The van der Waals surface area contributed by atoms with Crippen molar-refractivity contribution in [1.29, 1.82) is 0 Å². The standard InChI is InChI=1S/C22H22O8/c1-13(23)28-18-7-5-16(21(12-18)29-14(2)24)6-10-20(26)19-9-8-17(27-4)11-22(19)30-15(3)25/h5-12,20,26H,1-4H3. The fraction of sp³-hybridized carbons (Fsp3) is 0.227. The second kappa shape index (κ2) is 10.2. The van der Waals surface area contributed by atoms with E-state index in [1.54, 1.807) is 18.2 Å². The number of hydrogen-bond donors (Lipinski definition) is 1. The molecular weight excluding hydrogens is 392 g/mol. The highest BCUT2D eigenvalue weighted by atomic mass is 16.5. The van der Waals surface area contributed by atoms with Gasteiger partial charge in [-0.25, -0.2) is 0 Å². The quantitative estimate of drug-likeness (QED) is 0.543. The molecule has 0 bridgehead atoms. The first-order chi connectivity index (χ1) is 14.2. The Balaban J connectivity index is 2.35. The molecular formula is C22H22O8. The second-order valence-electron chi connectivity index (χ2n) is 6.19. The molecule has 2 rings (SSSR count). The minimum Gasteiger partial charge on any atom is -0.497 e. The molecule has 0 aliphatic rings. The minimum absolute atomic E-state index is 0.152. The number of aliphatic hydroxyl groups is 1. The molecule has 0 saturated heterocycles. The van der Waals surface area contributed by atoms with Crippen LogP contribution in [-0.2, 0) is 14.4 Å². The average Bonchev–Trinajstić information content (AvgIpc) is 2.65. The maximum absolute atomic E-state index is 11.4. The highest BCUT2D eigenvalue weighted by Crippen LogP contribution is 2.32. The largest absolute Gasteiger partial charge is 0.497 e. The molecule has 8 nitrogen and oxygen atoms in total. The molecule has 0 radical (unpaired) electrons. The van der Waals surface area contributed by atoms with Crippen LogP contribution in [0.3, 0.4) is 0 Å². The van der Waals surface area contributed by atoms with Crippen LogP contribution in [0, 0.1) is 0 Å². The molecule has 2 aromatic carbocycles. The van der Waals surface area contributed by atoms with Gasteiger partial charge < -0.3 is 24.1 Å². The van der Waals surface area contributed by atoms with Crippen LogP contribution >= 0.6 is 0 Å². The van der Waals surface area contributed by atoms with Crippen molar-refractivity contribution in [1.82, 2.24) is 0 Å². The Hall–Kier alpha value is -3.65. The molecule has 1 N–H and O–H groups in total. The van der Waals surface area contributed by atoms with Crippen LogP contribution in [0.15, 0.2) is 42.5 Å². The first-order valence-corrected chi connectivity index (χ1v) is 8.93. The maximum Gasteiger partial charge on any atom is 0.308 e. The first-order valence-electron chi connectivity index (χ1n) is 8.93. The summed E-state index contributed by atoms with van der Waals surface area (Å²) in [5.74, 6) is -0.631. The maximum atomic E-state index is 11.4. The van der Waals surface area contributed by atoms with Gasteiger partial charge in [-0.15, -0.1) is 0 Å². The van der Waals surface area contributed by atoms with E-state index in [1.165, 1.54) is 58.2 Å². The summed E-state index contributed by atoms with van der Waals surface area (Å²) < 4.78 is 20.4. The van der Waals surface area contributed by atoms with Gasteiger partial charge >= 0.3 is 17.9 Å². The minimum atomic E-state index is -1.14. The molecule has 1 atom stereocenters. The van der Waals surface area contributed by atoms with Gasteiger partial charge in [-0.05, 0) is 24.3 Å². The fourth-order valence-corrected chi connectivity index (χ4v) is 2.55. The van der Waals surface area contributed by atoms with E-state index in [2.05, 4.69) is 0 Å². The number of esters is 3. The number of ether oxygens (including phenoxy) is 4. The van der Waals surface area contributed by atoms with E-state index in [-0.39, 0.29) is 17.2 Å². The summed E-state index contributed by atoms with van der Waals surface area (Å²) in [5, 5.41) is 10.6. The van der Waals surface area contributed by atoms with Gasteiger partial charge in [-0.3, -0.25) is 14.4 Å². The molecule has 0 aliphatic carbocycles. The Morgan fingerprint density at radius 3 is 2.00 bits per heavy atom. The Morgan fingerprint density at radius 1 is 0.833 bits per heavy atom. The zero-order valence-corrected chi connectivity index (χ0v) is 17.0. The highest BCUT2D eigenvalue weighted by molar-refractivity contribution is 5.74. The van der Waals surface area contributed by atoms with Gasteiger partial charge in [0.25, 0.3) is 0 Å². The summed E-state index contributed by atoms with van der Waals surface area (Å²) in [6.45, 7) is 3.75. The smallest absolute Gasteiger partial charge is 0.308 e. The van der Waals surface area contributed by atoms with Crippen molar-refractivity contribution in [3.05, 3.63) is 53.6 Å². The molecule has 2 aromatic rings. The van der Waals surface area contributed by atoms with Gasteiger partial charge in [0, 0.05) is 44.0 Å². The number of rotatable bonds is 7. The SMILES string of the molecule is COc1ccc(C(O)C=Cc2ccc(OC(C)=O)cc2OC(C)=O)c(OC(C)=O)c1. The van der Waals surface area contributed by atoms with Gasteiger partial charge in [-0.2, -0.15) is 0 Å². The van der Waals surface area contributed by atoms with Crippen molar-refractivity contribution in [2.24, 2.45) is 0 Å². The normalized spacial score (nSPS) is 11.6. The average molecular weight is 414 g/mol. The summed E-state index contributed by atoms with van der Waals surface area (Å²) in [5.41, 5.74) is 0.801. The molecule has 0 aromatic heterocycles. The molecule has 8 heteroatoms. The molecule has 1 unspecified atom stereocenters. The van der Waals surface area contributed by atoms with E-state index in [1.807, 2.05) is 0 Å². The lowest BCUT2D eigenvalue weighted by Crippen LogP contribution is -2.06. The molecule has 0 aliphatic heterocycles. The van der Waals surface area contributed by atoms with E-state index >= 15 is 0 Å². The Bertz CT molecular complexity index is 977. The molecule has 0 amide bonds. The van der Waals surface area contributed by atoms with Crippen LogP contribution in [0.4, 0.5) is 0 Å². The van der Waals surface area contributed by atoms with E-state index in [0.29, 0.717) is 16.9 Å². The topological polar surface area (TPSA) is 108 Å². The van der Waals surface area contributed by atoms with Gasteiger partial charge in [0.15, 0.2) is 0 Å². The third-order valence-corrected chi connectivity index (χ3v) is 3.75. The number of carbonyl (C=O) groups excluding carboxylic acids is 3. The number of carbonyl (C=O) groups is 3. The van der Waals surface area contributed by atoms with Crippen molar-refractivity contribution in [2.45, 2.75) is 26.9 Å². The summed E-state index contributed by atoms with van der Waals surface area (Å²) >= 11 is 0. The van der Waals surface area contributed by atoms with Crippen LogP contribution in [-0.4, -0.2) is 30.1 Å². The summed E-state index contributed by atoms with van der Waals surface area (Å²) in [7, 11) is 1.47. The van der Waals surface area contributed by atoms with E-state index < -0.39 is 24.0 Å². The van der Waals surface area contributed by atoms with E-state index in [9.17, 15) is 19.5 Å². The van der Waals surface area contributed by atoms with Gasteiger partial charge in [0.1, 0.15) is 29.1 Å². The summed E-state index contributed by atoms with van der Waals surface area (Å²) in [6.07, 6.45) is 1.83. The predicted octanol–water partition coefficient (Wildman–Crippen LogP) is 3.22. The van der Waals surface area contributed by atoms with Crippen LogP contribution in [0.5, 0.6) is 23.0 Å². The van der Waals surface area contributed by atoms with Crippen molar-refractivity contribution in [2.75, 3.05) is 7.11 Å². The van der Waals surface area contributed by atoms with Crippen LogP contribution < -0.4 is 18.9 Å². The van der Waals surface area contributed by atoms with Crippen molar-refractivity contribution in [3.63, 3.8) is 0 Å². The van der Waals surface area contributed by atoms with Crippen LogP contribution in [0.1, 0.15) is 38.0 Å². The van der Waals surface area contributed by atoms with E-state index in [4.69, 9.17) is 18.9 Å². The van der Waals surface area contributed by atoms with Gasteiger partial charge in [0.05, 0.1) is 7.11 Å². The van der Waals surface area contributed by atoms with E-state index in [0.717, 1.165) is 0 Å². The number of benzene rings is 2.